The van der Waals surface area contributed by atoms with Crippen molar-refractivity contribution in [3.8, 4) is 0 Å². The fourth-order valence-electron chi connectivity index (χ4n) is 2.92. The molecule has 0 spiro atoms. The molecule has 18 heavy (non-hydrogen) atoms. The van der Waals surface area contributed by atoms with Crippen molar-refractivity contribution in [3.63, 3.8) is 0 Å². The summed E-state index contributed by atoms with van der Waals surface area (Å²) in [7, 11) is -2.94. The lowest BCUT2D eigenvalue weighted by molar-refractivity contribution is 0.167. The minimum Gasteiger partial charge on any atom is -0.307 e. The van der Waals surface area contributed by atoms with Crippen molar-refractivity contribution in [2.24, 2.45) is 5.92 Å². The fraction of sp³-hybridized carbons (Fsp3) is 0.846. The molecule has 1 N–H and O–H groups in total. The topological polar surface area (TPSA) is 49.4 Å². The van der Waals surface area contributed by atoms with Gasteiger partial charge in [0, 0.05) is 17.5 Å². The number of piperidine rings is 1. The SMILES string of the molecule is CCN1CCC(C(C)NC2C=CS(=O)(=O)C2)CC1. The van der Waals surface area contributed by atoms with E-state index >= 15 is 0 Å². The molecular weight excluding hydrogens is 248 g/mol. The summed E-state index contributed by atoms with van der Waals surface area (Å²) in [6.07, 6.45) is 4.21. The van der Waals surface area contributed by atoms with Gasteiger partial charge in [0.2, 0.25) is 0 Å². The zero-order valence-corrected chi connectivity index (χ0v) is 12.1. The first-order chi connectivity index (χ1) is 8.50. The minimum absolute atomic E-state index is 0.00852. The first kappa shape index (κ1) is 14.0. The maximum atomic E-state index is 11.3. The molecule has 1 saturated heterocycles. The van der Waals surface area contributed by atoms with Gasteiger partial charge in [0.25, 0.3) is 0 Å². The number of nitrogens with zero attached hydrogens (tertiary/aromatic N) is 1. The van der Waals surface area contributed by atoms with Gasteiger partial charge in [-0.05, 0) is 45.3 Å². The van der Waals surface area contributed by atoms with Crippen LogP contribution in [0.2, 0.25) is 0 Å². The molecule has 0 aromatic carbocycles. The van der Waals surface area contributed by atoms with Gasteiger partial charge < -0.3 is 10.2 Å². The molecule has 2 unspecified atom stereocenters. The third kappa shape index (κ3) is 3.56. The molecule has 2 atom stereocenters. The number of nitrogens with one attached hydrogen (secondary N) is 1. The van der Waals surface area contributed by atoms with Gasteiger partial charge in [0.1, 0.15) is 0 Å². The van der Waals surface area contributed by atoms with Crippen LogP contribution in [0.1, 0.15) is 26.7 Å². The molecule has 0 saturated carbocycles. The summed E-state index contributed by atoms with van der Waals surface area (Å²) in [5.74, 6) is 0.898. The van der Waals surface area contributed by atoms with Gasteiger partial charge >= 0.3 is 0 Å². The van der Waals surface area contributed by atoms with E-state index in [1.807, 2.05) is 0 Å². The Balaban J connectivity index is 1.79. The van der Waals surface area contributed by atoms with E-state index in [0.29, 0.717) is 12.0 Å². The quantitative estimate of drug-likeness (QED) is 0.830. The van der Waals surface area contributed by atoms with Crippen LogP contribution in [0.5, 0.6) is 0 Å². The fourth-order valence-corrected chi connectivity index (χ4v) is 4.17. The number of hydrogen-bond acceptors (Lipinski definition) is 4. The normalized spacial score (nSPS) is 30.7. The molecule has 2 rings (SSSR count). The van der Waals surface area contributed by atoms with Crippen molar-refractivity contribution >= 4 is 9.84 Å². The highest BCUT2D eigenvalue weighted by Gasteiger charge is 2.27. The summed E-state index contributed by atoms with van der Waals surface area (Å²) >= 11 is 0. The summed E-state index contributed by atoms with van der Waals surface area (Å²) < 4.78 is 22.7. The Morgan fingerprint density at radius 3 is 2.56 bits per heavy atom. The zero-order chi connectivity index (χ0) is 13.2. The standard InChI is InChI=1S/C13H24N2O2S/c1-3-15-7-4-12(5-8-15)11(2)14-13-6-9-18(16,17)10-13/h6,9,11-14H,3-5,7-8,10H2,1-2H3. The molecule has 2 aliphatic rings. The molecule has 0 aromatic heterocycles. The zero-order valence-electron chi connectivity index (χ0n) is 11.3. The predicted molar refractivity (Wildman–Crippen MR) is 74.2 cm³/mol. The van der Waals surface area contributed by atoms with E-state index in [2.05, 4.69) is 24.1 Å². The van der Waals surface area contributed by atoms with Crippen molar-refractivity contribution in [1.82, 2.24) is 10.2 Å². The van der Waals surface area contributed by atoms with Crippen LogP contribution >= 0.6 is 0 Å². The van der Waals surface area contributed by atoms with Crippen LogP contribution in [-0.4, -0.2) is 50.8 Å². The summed E-state index contributed by atoms with van der Waals surface area (Å²) in [6.45, 7) is 7.87. The Labute approximate surface area is 110 Å². The Hall–Kier alpha value is -0.390. The molecule has 4 nitrogen and oxygen atoms in total. The smallest absolute Gasteiger partial charge is 0.173 e. The lowest BCUT2D eigenvalue weighted by atomic mass is 9.90. The Morgan fingerprint density at radius 2 is 2.06 bits per heavy atom. The molecule has 2 aliphatic heterocycles. The highest BCUT2D eigenvalue weighted by molar-refractivity contribution is 7.94. The van der Waals surface area contributed by atoms with E-state index in [0.717, 1.165) is 6.54 Å². The third-order valence-electron chi connectivity index (χ3n) is 4.19. The second-order valence-electron chi connectivity index (χ2n) is 5.49. The number of sulfone groups is 1. The predicted octanol–water partition coefficient (Wildman–Crippen LogP) is 1.01. The molecule has 0 aliphatic carbocycles. The summed E-state index contributed by atoms with van der Waals surface area (Å²) in [5, 5.41) is 4.80. The van der Waals surface area contributed by atoms with Crippen molar-refractivity contribution in [1.29, 1.82) is 0 Å². The average Bonchev–Trinajstić information content (AvgIpc) is 2.68. The molecular formula is C13H24N2O2S. The van der Waals surface area contributed by atoms with E-state index in [9.17, 15) is 8.42 Å². The van der Waals surface area contributed by atoms with Gasteiger partial charge in [-0.2, -0.15) is 0 Å². The maximum Gasteiger partial charge on any atom is 0.173 e. The molecule has 0 bridgehead atoms. The van der Waals surface area contributed by atoms with Crippen molar-refractivity contribution in [2.45, 2.75) is 38.8 Å². The molecule has 0 radical (unpaired) electrons. The van der Waals surface area contributed by atoms with Gasteiger partial charge in [-0.25, -0.2) is 8.42 Å². The van der Waals surface area contributed by atoms with Crippen LogP contribution in [0, 0.1) is 5.92 Å². The largest absolute Gasteiger partial charge is 0.307 e. The van der Waals surface area contributed by atoms with E-state index < -0.39 is 9.84 Å². The van der Waals surface area contributed by atoms with E-state index in [1.54, 1.807) is 6.08 Å². The second kappa shape index (κ2) is 5.72. The van der Waals surface area contributed by atoms with Crippen LogP contribution in [0.15, 0.2) is 11.5 Å². The van der Waals surface area contributed by atoms with Crippen LogP contribution in [0.3, 0.4) is 0 Å². The first-order valence-corrected chi connectivity index (χ1v) is 8.61. The lowest BCUT2D eigenvalue weighted by Gasteiger charge is -2.35. The summed E-state index contributed by atoms with van der Waals surface area (Å²) in [6, 6.07) is 0.404. The highest BCUT2D eigenvalue weighted by atomic mass is 32.2. The first-order valence-electron chi connectivity index (χ1n) is 6.89. The van der Waals surface area contributed by atoms with Gasteiger partial charge in [0.15, 0.2) is 9.84 Å². The molecule has 2 heterocycles. The summed E-state index contributed by atoms with van der Waals surface area (Å²) in [5.41, 5.74) is 0. The summed E-state index contributed by atoms with van der Waals surface area (Å²) in [4.78, 5) is 2.48. The molecule has 0 amide bonds. The molecule has 5 heteroatoms. The van der Waals surface area contributed by atoms with E-state index in [1.165, 1.54) is 31.3 Å². The highest BCUT2D eigenvalue weighted by Crippen LogP contribution is 2.21. The monoisotopic (exact) mass is 272 g/mol. The van der Waals surface area contributed by atoms with E-state index in [4.69, 9.17) is 0 Å². The Bertz CT molecular complexity index is 397. The van der Waals surface area contributed by atoms with Crippen molar-refractivity contribution in [2.75, 3.05) is 25.4 Å². The number of rotatable bonds is 4. The van der Waals surface area contributed by atoms with Gasteiger partial charge in [0.05, 0.1) is 5.75 Å². The average molecular weight is 272 g/mol. The number of likely N-dealkylation sites (tertiary alicyclic amines) is 1. The van der Waals surface area contributed by atoms with Gasteiger partial charge in [-0.3, -0.25) is 0 Å². The number of hydrogen-bond donors (Lipinski definition) is 1. The van der Waals surface area contributed by atoms with Crippen LogP contribution in [-0.2, 0) is 9.84 Å². The molecule has 104 valence electrons. The molecule has 1 fully saturated rings. The van der Waals surface area contributed by atoms with Gasteiger partial charge in [-0.1, -0.05) is 13.0 Å². The lowest BCUT2D eigenvalue weighted by Crippen LogP contribution is -2.45. The molecule has 0 aromatic rings. The maximum absolute atomic E-state index is 11.3. The van der Waals surface area contributed by atoms with Crippen molar-refractivity contribution < 1.29 is 8.42 Å². The Kier molecular flexibility index (Phi) is 4.45. The van der Waals surface area contributed by atoms with Crippen LogP contribution in [0.4, 0.5) is 0 Å². The Morgan fingerprint density at radius 1 is 1.39 bits per heavy atom. The third-order valence-corrected chi connectivity index (χ3v) is 5.59. The van der Waals surface area contributed by atoms with Crippen LogP contribution < -0.4 is 5.32 Å². The van der Waals surface area contributed by atoms with Crippen molar-refractivity contribution in [3.05, 3.63) is 11.5 Å². The van der Waals surface area contributed by atoms with E-state index in [-0.39, 0.29) is 11.8 Å². The van der Waals surface area contributed by atoms with Gasteiger partial charge in [-0.15, -0.1) is 0 Å². The minimum atomic E-state index is -2.94. The second-order valence-corrected chi connectivity index (χ2v) is 7.42. The van der Waals surface area contributed by atoms with Crippen LogP contribution in [0.25, 0.3) is 0 Å².